The standard InChI is InChI=1S/C19H18BrN3O2/c1-12-7-13(2)19(16(20)8-12)25-11-18(24)23-22-10-14-9-21-17-6-4-3-5-15(14)17/h3-10,21H,11H2,1-2H3,(H,23,24)/b22-10+. The number of carbonyl (C=O) groups is 1. The van der Waals surface area contributed by atoms with E-state index in [9.17, 15) is 4.79 Å². The number of H-pyrrole nitrogens is 1. The van der Waals surface area contributed by atoms with E-state index < -0.39 is 0 Å². The van der Waals surface area contributed by atoms with E-state index in [0.717, 1.165) is 32.1 Å². The molecule has 25 heavy (non-hydrogen) atoms. The van der Waals surface area contributed by atoms with Crippen LogP contribution in [-0.4, -0.2) is 23.7 Å². The molecule has 0 aliphatic rings. The Labute approximate surface area is 154 Å². The number of amides is 1. The highest BCUT2D eigenvalue weighted by molar-refractivity contribution is 9.10. The van der Waals surface area contributed by atoms with Crippen molar-refractivity contribution in [2.24, 2.45) is 5.10 Å². The van der Waals surface area contributed by atoms with Crippen LogP contribution in [0.5, 0.6) is 5.75 Å². The lowest BCUT2D eigenvalue weighted by molar-refractivity contribution is -0.123. The Morgan fingerprint density at radius 3 is 2.92 bits per heavy atom. The van der Waals surface area contributed by atoms with Crippen LogP contribution >= 0.6 is 15.9 Å². The minimum atomic E-state index is -0.317. The smallest absolute Gasteiger partial charge is 0.277 e. The van der Waals surface area contributed by atoms with Crippen LogP contribution < -0.4 is 10.2 Å². The highest BCUT2D eigenvalue weighted by Gasteiger charge is 2.09. The summed E-state index contributed by atoms with van der Waals surface area (Å²) in [6.45, 7) is 3.85. The summed E-state index contributed by atoms with van der Waals surface area (Å²) in [7, 11) is 0. The summed E-state index contributed by atoms with van der Waals surface area (Å²) in [5.74, 6) is 0.351. The van der Waals surface area contributed by atoms with Gasteiger partial charge in [-0.3, -0.25) is 4.79 Å². The highest BCUT2D eigenvalue weighted by atomic mass is 79.9. The molecule has 5 nitrogen and oxygen atoms in total. The SMILES string of the molecule is Cc1cc(C)c(OCC(=O)N/N=C/c2c[nH]c3ccccc23)c(Br)c1. The number of fused-ring (bicyclic) bond motifs is 1. The Balaban J connectivity index is 1.58. The van der Waals surface area contributed by atoms with Crippen molar-refractivity contribution in [2.45, 2.75) is 13.8 Å². The fourth-order valence-corrected chi connectivity index (χ4v) is 3.42. The van der Waals surface area contributed by atoms with Crippen LogP contribution in [0.25, 0.3) is 10.9 Å². The van der Waals surface area contributed by atoms with Crippen molar-refractivity contribution < 1.29 is 9.53 Å². The molecule has 2 aromatic carbocycles. The summed E-state index contributed by atoms with van der Waals surface area (Å²) < 4.78 is 6.44. The minimum absolute atomic E-state index is 0.103. The first-order valence-electron chi connectivity index (χ1n) is 7.82. The molecule has 0 radical (unpaired) electrons. The second-order valence-corrected chi connectivity index (χ2v) is 6.62. The van der Waals surface area contributed by atoms with Crippen molar-refractivity contribution in [3.05, 3.63) is 63.8 Å². The van der Waals surface area contributed by atoms with Crippen molar-refractivity contribution in [2.75, 3.05) is 6.61 Å². The fourth-order valence-electron chi connectivity index (χ4n) is 2.63. The number of para-hydroxylation sites is 1. The molecule has 0 bridgehead atoms. The zero-order valence-electron chi connectivity index (χ0n) is 14.0. The van der Waals surface area contributed by atoms with E-state index in [-0.39, 0.29) is 12.5 Å². The maximum absolute atomic E-state index is 11.9. The third-order valence-electron chi connectivity index (χ3n) is 3.74. The predicted octanol–water partition coefficient (Wildman–Crippen LogP) is 4.08. The van der Waals surface area contributed by atoms with Crippen LogP contribution in [0.2, 0.25) is 0 Å². The number of carbonyl (C=O) groups excluding carboxylic acids is 1. The van der Waals surface area contributed by atoms with Gasteiger partial charge in [0.2, 0.25) is 0 Å². The van der Waals surface area contributed by atoms with Gasteiger partial charge in [-0.15, -0.1) is 0 Å². The van der Waals surface area contributed by atoms with E-state index in [1.54, 1.807) is 6.21 Å². The number of nitrogens with zero attached hydrogens (tertiary/aromatic N) is 1. The monoisotopic (exact) mass is 399 g/mol. The van der Waals surface area contributed by atoms with Crippen LogP contribution in [0.3, 0.4) is 0 Å². The third-order valence-corrected chi connectivity index (χ3v) is 4.32. The van der Waals surface area contributed by atoms with E-state index in [1.165, 1.54) is 0 Å². The Bertz CT molecular complexity index is 924. The largest absolute Gasteiger partial charge is 0.482 e. The summed E-state index contributed by atoms with van der Waals surface area (Å²) in [6.07, 6.45) is 3.47. The van der Waals surface area contributed by atoms with Crippen molar-refractivity contribution in [3.8, 4) is 5.75 Å². The van der Waals surface area contributed by atoms with Gasteiger partial charge in [-0.2, -0.15) is 5.10 Å². The van der Waals surface area contributed by atoms with E-state index in [0.29, 0.717) is 5.75 Å². The first-order chi connectivity index (χ1) is 12.0. The minimum Gasteiger partial charge on any atom is -0.482 e. The van der Waals surface area contributed by atoms with Gasteiger partial charge in [0.05, 0.1) is 10.7 Å². The quantitative estimate of drug-likeness (QED) is 0.501. The van der Waals surface area contributed by atoms with Crippen LogP contribution in [0.4, 0.5) is 0 Å². The zero-order valence-corrected chi connectivity index (χ0v) is 15.6. The second-order valence-electron chi connectivity index (χ2n) is 5.76. The molecule has 0 spiro atoms. The second kappa shape index (κ2) is 7.53. The first-order valence-corrected chi connectivity index (χ1v) is 8.61. The molecule has 2 N–H and O–H groups in total. The van der Waals surface area contributed by atoms with Crippen LogP contribution in [0.15, 0.2) is 52.2 Å². The van der Waals surface area contributed by atoms with Crippen LogP contribution in [0.1, 0.15) is 16.7 Å². The maximum atomic E-state index is 11.9. The molecule has 0 fully saturated rings. The molecule has 0 atom stereocenters. The van der Waals surface area contributed by atoms with Gasteiger partial charge in [0.25, 0.3) is 5.91 Å². The van der Waals surface area contributed by atoms with E-state index in [1.807, 2.05) is 56.4 Å². The number of ether oxygens (including phenoxy) is 1. The molecular formula is C19H18BrN3O2. The molecule has 0 aliphatic carbocycles. The third kappa shape index (κ3) is 4.09. The van der Waals surface area contributed by atoms with Gasteiger partial charge in [-0.05, 0) is 53.0 Å². The van der Waals surface area contributed by atoms with E-state index >= 15 is 0 Å². The zero-order chi connectivity index (χ0) is 17.8. The average Bonchev–Trinajstić information content (AvgIpc) is 2.97. The van der Waals surface area contributed by atoms with E-state index in [2.05, 4.69) is 31.4 Å². The Hall–Kier alpha value is -2.60. The topological polar surface area (TPSA) is 66.5 Å². The van der Waals surface area contributed by atoms with Crippen molar-refractivity contribution >= 4 is 39.0 Å². The molecular weight excluding hydrogens is 382 g/mol. The molecule has 0 saturated heterocycles. The number of hydrogen-bond acceptors (Lipinski definition) is 3. The maximum Gasteiger partial charge on any atom is 0.277 e. The summed E-state index contributed by atoms with van der Waals surface area (Å²) in [5.41, 5.74) is 6.52. The summed E-state index contributed by atoms with van der Waals surface area (Å²) >= 11 is 3.46. The molecule has 3 rings (SSSR count). The van der Waals surface area contributed by atoms with Gasteiger partial charge in [0, 0.05) is 22.7 Å². The Morgan fingerprint density at radius 1 is 1.32 bits per heavy atom. The molecule has 0 saturated carbocycles. The Morgan fingerprint density at radius 2 is 2.12 bits per heavy atom. The number of aromatic amines is 1. The number of hydrazone groups is 1. The lowest BCUT2D eigenvalue weighted by Crippen LogP contribution is -2.24. The normalized spacial score (nSPS) is 11.2. The molecule has 1 heterocycles. The molecule has 1 aromatic heterocycles. The highest BCUT2D eigenvalue weighted by Crippen LogP contribution is 2.30. The number of hydrogen-bond donors (Lipinski definition) is 2. The molecule has 6 heteroatoms. The number of halogens is 1. The van der Waals surface area contributed by atoms with Gasteiger partial charge < -0.3 is 9.72 Å². The number of rotatable bonds is 5. The van der Waals surface area contributed by atoms with Crippen molar-refractivity contribution in [1.29, 1.82) is 0 Å². The summed E-state index contributed by atoms with van der Waals surface area (Å²) in [6, 6.07) is 11.9. The molecule has 128 valence electrons. The van der Waals surface area contributed by atoms with Gasteiger partial charge in [-0.1, -0.05) is 24.3 Å². The van der Waals surface area contributed by atoms with Gasteiger partial charge >= 0.3 is 0 Å². The molecule has 0 unspecified atom stereocenters. The Kier molecular flexibility index (Phi) is 5.19. The van der Waals surface area contributed by atoms with Crippen LogP contribution in [0, 0.1) is 13.8 Å². The number of aryl methyl sites for hydroxylation is 2. The summed E-state index contributed by atoms with van der Waals surface area (Å²) in [4.78, 5) is 15.1. The molecule has 1 amide bonds. The number of nitrogens with one attached hydrogen (secondary N) is 2. The molecule has 3 aromatic rings. The number of benzene rings is 2. The van der Waals surface area contributed by atoms with E-state index in [4.69, 9.17) is 4.74 Å². The van der Waals surface area contributed by atoms with Gasteiger partial charge in [-0.25, -0.2) is 5.43 Å². The van der Waals surface area contributed by atoms with Crippen molar-refractivity contribution in [3.63, 3.8) is 0 Å². The summed E-state index contributed by atoms with van der Waals surface area (Å²) in [5, 5.41) is 5.05. The molecule has 0 aliphatic heterocycles. The number of aromatic nitrogens is 1. The van der Waals surface area contributed by atoms with Crippen LogP contribution in [-0.2, 0) is 4.79 Å². The predicted molar refractivity (Wildman–Crippen MR) is 103 cm³/mol. The van der Waals surface area contributed by atoms with Crippen molar-refractivity contribution in [1.82, 2.24) is 10.4 Å². The lowest BCUT2D eigenvalue weighted by Gasteiger charge is -2.11. The lowest BCUT2D eigenvalue weighted by atomic mass is 10.1. The first kappa shape index (κ1) is 17.2. The van der Waals surface area contributed by atoms with Gasteiger partial charge in [0.15, 0.2) is 6.61 Å². The average molecular weight is 400 g/mol. The fraction of sp³-hybridized carbons (Fsp3) is 0.158. The van der Waals surface area contributed by atoms with Gasteiger partial charge in [0.1, 0.15) is 5.75 Å².